The summed E-state index contributed by atoms with van der Waals surface area (Å²) in [6, 6.07) is 19.6. The van der Waals surface area contributed by atoms with Gasteiger partial charge < -0.3 is 5.32 Å². The molecule has 0 fully saturated rings. The molecule has 0 aliphatic carbocycles. The Morgan fingerprint density at radius 2 is 1.65 bits per heavy atom. The molecule has 0 saturated heterocycles. The van der Waals surface area contributed by atoms with E-state index in [1.54, 1.807) is 4.57 Å². The van der Waals surface area contributed by atoms with Crippen molar-refractivity contribution in [1.29, 1.82) is 0 Å². The van der Waals surface area contributed by atoms with Crippen LogP contribution in [0.15, 0.2) is 65.5 Å². The van der Waals surface area contributed by atoms with E-state index in [0.717, 1.165) is 33.3 Å². The molecule has 0 radical (unpaired) electrons. The first-order valence-electron chi connectivity index (χ1n) is 11.1. The van der Waals surface area contributed by atoms with Gasteiger partial charge >= 0.3 is 0 Å². The highest BCUT2D eigenvalue weighted by atomic mass is 16.2. The molecule has 0 unspecified atom stereocenters. The molecule has 1 amide bonds. The topological polar surface area (TPSA) is 81.3 Å². The molecular weight excluding hydrogens is 426 g/mol. The number of amides is 1. The van der Waals surface area contributed by atoms with Crippen molar-refractivity contribution < 1.29 is 4.79 Å². The van der Waals surface area contributed by atoms with E-state index in [9.17, 15) is 9.59 Å². The van der Waals surface area contributed by atoms with Crippen molar-refractivity contribution in [3.63, 3.8) is 0 Å². The van der Waals surface area contributed by atoms with Gasteiger partial charge in [0.25, 0.3) is 11.5 Å². The van der Waals surface area contributed by atoms with E-state index in [1.165, 1.54) is 4.52 Å². The van der Waals surface area contributed by atoms with Gasteiger partial charge in [0.1, 0.15) is 0 Å². The van der Waals surface area contributed by atoms with Crippen LogP contribution in [0.5, 0.6) is 0 Å². The Morgan fingerprint density at radius 1 is 0.912 bits per heavy atom. The second-order valence-electron chi connectivity index (χ2n) is 8.74. The van der Waals surface area contributed by atoms with Gasteiger partial charge in [0.15, 0.2) is 0 Å². The highest BCUT2D eigenvalue weighted by Crippen LogP contribution is 2.20. The average molecular weight is 452 g/mol. The number of aromatic nitrogens is 4. The molecule has 3 aromatic carbocycles. The van der Waals surface area contributed by atoms with Crippen LogP contribution in [0, 0.1) is 27.7 Å². The Balaban J connectivity index is 1.64. The average Bonchev–Trinajstić information content (AvgIpc) is 3.27. The zero-order chi connectivity index (χ0) is 24.0. The van der Waals surface area contributed by atoms with Crippen LogP contribution in [-0.4, -0.2) is 25.1 Å². The summed E-state index contributed by atoms with van der Waals surface area (Å²) in [6.07, 6.45) is 0. The van der Waals surface area contributed by atoms with Crippen LogP contribution in [-0.2, 0) is 6.54 Å². The molecule has 34 heavy (non-hydrogen) atoms. The molecule has 0 saturated carbocycles. The third-order valence-corrected chi connectivity index (χ3v) is 6.21. The second-order valence-corrected chi connectivity index (χ2v) is 8.74. The molecule has 2 aromatic heterocycles. The molecule has 0 aliphatic heterocycles. The summed E-state index contributed by atoms with van der Waals surface area (Å²) in [5.74, 6) is -0.505. The lowest BCUT2D eigenvalue weighted by Crippen LogP contribution is -2.24. The van der Waals surface area contributed by atoms with Gasteiger partial charge in [-0.2, -0.15) is 4.98 Å². The predicted molar refractivity (Wildman–Crippen MR) is 134 cm³/mol. The zero-order valence-electron chi connectivity index (χ0n) is 19.6. The maximum Gasteiger partial charge on any atom is 0.296 e. The van der Waals surface area contributed by atoms with E-state index < -0.39 is 5.91 Å². The van der Waals surface area contributed by atoms with E-state index >= 15 is 0 Å². The van der Waals surface area contributed by atoms with Crippen molar-refractivity contribution in [2.24, 2.45) is 0 Å². The number of anilines is 1. The molecule has 0 spiro atoms. The number of nitrogens with zero attached hydrogens (tertiary/aromatic N) is 4. The minimum Gasteiger partial charge on any atom is -0.319 e. The molecule has 7 nitrogen and oxygen atoms in total. The lowest BCUT2D eigenvalue weighted by molar-refractivity contribution is 0.101. The van der Waals surface area contributed by atoms with Crippen LogP contribution in [0.3, 0.4) is 0 Å². The lowest BCUT2D eigenvalue weighted by atomic mass is 10.1. The number of aryl methyl sites for hydroxylation is 3. The van der Waals surface area contributed by atoms with E-state index in [-0.39, 0.29) is 17.0 Å². The van der Waals surface area contributed by atoms with Crippen molar-refractivity contribution in [2.75, 3.05) is 5.32 Å². The first-order chi connectivity index (χ1) is 16.3. The summed E-state index contributed by atoms with van der Waals surface area (Å²) >= 11 is 0. The number of carbonyl (C=O) groups is 1. The van der Waals surface area contributed by atoms with Gasteiger partial charge in [-0.1, -0.05) is 48.0 Å². The summed E-state index contributed by atoms with van der Waals surface area (Å²) in [5, 5.41) is 7.30. The molecule has 0 bridgehead atoms. The fourth-order valence-electron chi connectivity index (χ4n) is 4.07. The quantitative estimate of drug-likeness (QED) is 0.434. The van der Waals surface area contributed by atoms with Crippen LogP contribution < -0.4 is 10.9 Å². The van der Waals surface area contributed by atoms with Gasteiger partial charge in [-0.25, -0.2) is 4.52 Å². The largest absolute Gasteiger partial charge is 0.319 e. The number of hydrogen-bond acceptors (Lipinski definition) is 4. The van der Waals surface area contributed by atoms with Gasteiger partial charge in [-0.05, 0) is 68.1 Å². The maximum absolute atomic E-state index is 13.5. The monoisotopic (exact) mass is 451 g/mol. The molecule has 2 heterocycles. The molecule has 0 atom stereocenters. The fraction of sp³-hybridized carbons (Fsp3) is 0.185. The number of nitrogens with one attached hydrogen (secondary N) is 1. The summed E-state index contributed by atoms with van der Waals surface area (Å²) in [7, 11) is 0. The number of benzene rings is 3. The van der Waals surface area contributed by atoms with Crippen LogP contribution >= 0.6 is 0 Å². The molecule has 0 aliphatic rings. The summed E-state index contributed by atoms with van der Waals surface area (Å²) < 4.78 is 3.17. The van der Waals surface area contributed by atoms with E-state index in [4.69, 9.17) is 0 Å². The van der Waals surface area contributed by atoms with Crippen molar-refractivity contribution in [1.82, 2.24) is 19.2 Å². The Hall–Kier alpha value is -4.26. The predicted octanol–water partition coefficient (Wildman–Crippen LogP) is 4.58. The number of rotatable bonds is 4. The fourth-order valence-corrected chi connectivity index (χ4v) is 4.07. The molecular formula is C27H25N5O2. The summed E-state index contributed by atoms with van der Waals surface area (Å²) in [5.41, 5.74) is 7.21. The van der Waals surface area contributed by atoms with E-state index in [1.807, 2.05) is 88.4 Å². The number of fused-ring (bicyclic) bond motifs is 3. The second kappa shape index (κ2) is 8.26. The Morgan fingerprint density at radius 3 is 2.41 bits per heavy atom. The summed E-state index contributed by atoms with van der Waals surface area (Å²) in [6.45, 7) is 8.34. The molecule has 1 N–H and O–H groups in total. The molecule has 5 rings (SSSR count). The van der Waals surface area contributed by atoms with Gasteiger partial charge in [0.05, 0.1) is 17.6 Å². The van der Waals surface area contributed by atoms with E-state index in [2.05, 4.69) is 15.4 Å². The Kier molecular flexibility index (Phi) is 5.24. The standard InChI is InChI=1S/C27H25N5O2/c1-16-8-11-20(12-9-16)15-31-23-14-17(2)10-13-22(23)32-25(27(31)34)29-24(30-32)26(33)28-21-7-5-6-18(3)19(21)4/h5-14H,15H2,1-4H3,(H,28,33). The van der Waals surface area contributed by atoms with E-state index in [0.29, 0.717) is 17.7 Å². The third kappa shape index (κ3) is 3.75. The van der Waals surface area contributed by atoms with Crippen LogP contribution in [0.1, 0.15) is 38.4 Å². The first kappa shape index (κ1) is 21.6. The van der Waals surface area contributed by atoms with Crippen molar-refractivity contribution in [3.8, 4) is 0 Å². The summed E-state index contributed by atoms with van der Waals surface area (Å²) in [4.78, 5) is 30.9. The lowest BCUT2D eigenvalue weighted by Gasteiger charge is -2.12. The highest BCUT2D eigenvalue weighted by Gasteiger charge is 2.20. The Labute approximate surface area is 196 Å². The van der Waals surface area contributed by atoms with Crippen LogP contribution in [0.25, 0.3) is 16.7 Å². The Bertz CT molecular complexity index is 1630. The highest BCUT2D eigenvalue weighted by molar-refractivity contribution is 6.02. The van der Waals surface area contributed by atoms with Gasteiger partial charge in [0.2, 0.25) is 11.5 Å². The van der Waals surface area contributed by atoms with Gasteiger partial charge in [-0.15, -0.1) is 5.10 Å². The van der Waals surface area contributed by atoms with Crippen molar-refractivity contribution in [2.45, 2.75) is 34.2 Å². The maximum atomic E-state index is 13.5. The SMILES string of the molecule is Cc1ccc(Cn2c(=O)c3nc(C(=O)Nc4cccc(C)c4C)nn3c3ccc(C)cc32)cc1. The number of hydrogen-bond donors (Lipinski definition) is 1. The third-order valence-electron chi connectivity index (χ3n) is 6.21. The number of carbonyl (C=O) groups excluding carboxylic acids is 1. The van der Waals surface area contributed by atoms with Crippen molar-refractivity contribution >= 4 is 28.3 Å². The molecule has 170 valence electrons. The smallest absolute Gasteiger partial charge is 0.296 e. The van der Waals surface area contributed by atoms with Gasteiger partial charge in [0, 0.05) is 5.69 Å². The van der Waals surface area contributed by atoms with Crippen molar-refractivity contribution in [3.05, 3.63) is 105 Å². The normalized spacial score (nSPS) is 11.3. The van der Waals surface area contributed by atoms with Crippen LogP contribution in [0.4, 0.5) is 5.69 Å². The zero-order valence-corrected chi connectivity index (χ0v) is 19.6. The molecule has 5 aromatic rings. The molecule has 7 heteroatoms. The minimum absolute atomic E-state index is 0.0482. The van der Waals surface area contributed by atoms with Crippen LogP contribution in [0.2, 0.25) is 0 Å². The minimum atomic E-state index is -0.456. The first-order valence-corrected chi connectivity index (χ1v) is 11.1. The van der Waals surface area contributed by atoms with Gasteiger partial charge in [-0.3, -0.25) is 14.2 Å².